The van der Waals surface area contributed by atoms with E-state index in [1.807, 2.05) is 0 Å². The normalized spacial score (nSPS) is 21.8. The first-order chi connectivity index (χ1) is 9.88. The molecule has 1 aromatic carbocycles. The van der Waals surface area contributed by atoms with Crippen molar-refractivity contribution in [2.75, 3.05) is 12.3 Å². The number of anilines is 1. The van der Waals surface area contributed by atoms with E-state index in [1.165, 1.54) is 6.07 Å². The molecule has 1 heterocycles. The molecule has 4 N–H and O–H groups in total. The summed E-state index contributed by atoms with van der Waals surface area (Å²) in [6.45, 7) is 4.61. The van der Waals surface area contributed by atoms with Crippen molar-refractivity contribution in [3.05, 3.63) is 33.4 Å². The highest BCUT2D eigenvalue weighted by Gasteiger charge is 2.24. The molecule has 1 amide bonds. The molecule has 1 aliphatic heterocycles. The average molecular weight is 292 g/mol. The second kappa shape index (κ2) is 6.09. The molecule has 1 saturated heterocycles. The van der Waals surface area contributed by atoms with Gasteiger partial charge in [0.2, 0.25) is 0 Å². The van der Waals surface area contributed by atoms with Gasteiger partial charge < -0.3 is 16.4 Å². The lowest BCUT2D eigenvalue weighted by Gasteiger charge is -2.28. The molecule has 0 spiro atoms. The number of nitrogens with zero attached hydrogens (tertiary/aromatic N) is 1. The summed E-state index contributed by atoms with van der Waals surface area (Å²) in [5.41, 5.74) is 6.28. The molecule has 1 aromatic rings. The number of benzene rings is 1. The molecule has 0 radical (unpaired) electrons. The Hall–Kier alpha value is -2.15. The van der Waals surface area contributed by atoms with Gasteiger partial charge in [0, 0.05) is 18.2 Å². The predicted octanol–water partition coefficient (Wildman–Crippen LogP) is 1.36. The molecule has 0 aromatic heterocycles. The Bertz CT molecular complexity index is 574. The third-order valence-electron chi connectivity index (χ3n) is 3.70. The number of nitro groups is 1. The number of nitrogens with two attached hydrogens (primary N) is 1. The van der Waals surface area contributed by atoms with Crippen molar-refractivity contribution in [1.82, 2.24) is 10.6 Å². The van der Waals surface area contributed by atoms with Crippen LogP contribution in [0.15, 0.2) is 12.1 Å². The van der Waals surface area contributed by atoms with Gasteiger partial charge in [0.15, 0.2) is 0 Å². The fourth-order valence-electron chi connectivity index (χ4n) is 2.64. The number of nitrogen functional groups attached to an aromatic ring is 1. The molecular weight excluding hydrogens is 272 g/mol. The molecular formula is C14H20N4O3. The molecule has 114 valence electrons. The maximum Gasteiger partial charge on any atom is 0.293 e. The molecule has 0 bridgehead atoms. The van der Waals surface area contributed by atoms with Gasteiger partial charge in [0.05, 0.1) is 10.5 Å². The quantitative estimate of drug-likeness (QED) is 0.442. The van der Waals surface area contributed by atoms with Crippen LogP contribution in [-0.2, 0) is 0 Å². The largest absolute Gasteiger partial charge is 0.393 e. The first kappa shape index (κ1) is 15.2. The van der Waals surface area contributed by atoms with E-state index in [9.17, 15) is 14.9 Å². The number of hydrogen-bond donors (Lipinski definition) is 3. The van der Waals surface area contributed by atoms with Gasteiger partial charge in [0.1, 0.15) is 5.69 Å². The van der Waals surface area contributed by atoms with Crippen molar-refractivity contribution in [3.63, 3.8) is 0 Å². The maximum absolute atomic E-state index is 12.3. The second-order valence-corrected chi connectivity index (χ2v) is 5.55. The Kier molecular flexibility index (Phi) is 4.42. The Morgan fingerprint density at radius 2 is 2.24 bits per heavy atom. The fourth-order valence-corrected chi connectivity index (χ4v) is 2.64. The number of nitro benzene ring substituents is 1. The highest BCUT2D eigenvalue weighted by molar-refractivity contribution is 6.01. The van der Waals surface area contributed by atoms with E-state index >= 15 is 0 Å². The van der Waals surface area contributed by atoms with E-state index in [0.717, 1.165) is 19.4 Å². The highest BCUT2D eigenvalue weighted by Crippen LogP contribution is 2.27. The number of amides is 1. The minimum absolute atomic E-state index is 0.0627. The van der Waals surface area contributed by atoms with Crippen LogP contribution >= 0.6 is 0 Å². The van der Waals surface area contributed by atoms with Gasteiger partial charge in [0.25, 0.3) is 11.6 Å². The average Bonchev–Trinajstić information content (AvgIpc) is 2.40. The number of hydrogen-bond acceptors (Lipinski definition) is 5. The summed E-state index contributed by atoms with van der Waals surface area (Å²) in [7, 11) is 0. The number of nitrogens with one attached hydrogen (secondary N) is 2. The van der Waals surface area contributed by atoms with Gasteiger partial charge in [-0.05, 0) is 44.9 Å². The van der Waals surface area contributed by atoms with Crippen LogP contribution in [-0.4, -0.2) is 29.5 Å². The van der Waals surface area contributed by atoms with Crippen LogP contribution in [0.2, 0.25) is 0 Å². The van der Waals surface area contributed by atoms with Gasteiger partial charge in [-0.1, -0.05) is 0 Å². The summed E-state index contributed by atoms with van der Waals surface area (Å²) >= 11 is 0. The molecule has 0 saturated carbocycles. The van der Waals surface area contributed by atoms with Crippen molar-refractivity contribution in [2.45, 2.75) is 38.8 Å². The molecule has 2 rings (SSSR count). The molecule has 7 nitrogen and oxygen atoms in total. The van der Waals surface area contributed by atoms with E-state index in [0.29, 0.717) is 11.6 Å². The van der Waals surface area contributed by atoms with Gasteiger partial charge in [-0.2, -0.15) is 0 Å². The van der Waals surface area contributed by atoms with Crippen molar-refractivity contribution < 1.29 is 9.72 Å². The highest BCUT2D eigenvalue weighted by atomic mass is 16.6. The summed E-state index contributed by atoms with van der Waals surface area (Å²) in [5.74, 6) is -0.349. The first-order valence-electron chi connectivity index (χ1n) is 6.97. The van der Waals surface area contributed by atoms with Crippen LogP contribution in [0.3, 0.4) is 0 Å². The molecule has 7 heteroatoms. The van der Waals surface area contributed by atoms with Crippen molar-refractivity contribution in [2.24, 2.45) is 0 Å². The number of rotatable bonds is 3. The lowest BCUT2D eigenvalue weighted by molar-refractivity contribution is -0.384. The van der Waals surface area contributed by atoms with Gasteiger partial charge in [-0.25, -0.2) is 0 Å². The lowest BCUT2D eigenvalue weighted by Crippen LogP contribution is -2.46. The van der Waals surface area contributed by atoms with Crippen LogP contribution in [0.1, 0.15) is 35.7 Å². The van der Waals surface area contributed by atoms with Gasteiger partial charge in [-0.15, -0.1) is 0 Å². The Morgan fingerprint density at radius 3 is 2.86 bits per heavy atom. The van der Waals surface area contributed by atoms with E-state index in [4.69, 9.17) is 5.73 Å². The molecule has 0 aliphatic carbocycles. The Balaban J connectivity index is 2.21. The zero-order valence-corrected chi connectivity index (χ0v) is 12.2. The van der Waals surface area contributed by atoms with Crippen molar-refractivity contribution >= 4 is 17.3 Å². The zero-order chi connectivity index (χ0) is 15.6. The number of carbonyl (C=O) groups excluding carboxylic acids is 1. The van der Waals surface area contributed by atoms with E-state index in [1.54, 1.807) is 13.0 Å². The van der Waals surface area contributed by atoms with E-state index in [-0.39, 0.29) is 28.9 Å². The molecule has 1 fully saturated rings. The monoisotopic (exact) mass is 292 g/mol. The van der Waals surface area contributed by atoms with Gasteiger partial charge in [-0.3, -0.25) is 14.9 Å². The molecule has 21 heavy (non-hydrogen) atoms. The molecule has 2 unspecified atom stereocenters. The molecule has 1 aliphatic rings. The van der Waals surface area contributed by atoms with Crippen LogP contribution < -0.4 is 16.4 Å². The number of aryl methyl sites for hydroxylation is 1. The summed E-state index contributed by atoms with van der Waals surface area (Å²) in [4.78, 5) is 22.7. The summed E-state index contributed by atoms with van der Waals surface area (Å²) in [6, 6.07) is 3.36. The standard InChI is InChI=1S/C14H20N4O3/c1-8-5-11(13(15)12(6-8)18(20)21)14(19)17-10-3-4-16-9(2)7-10/h5-6,9-10,16H,3-4,7,15H2,1-2H3,(H,17,19). The van der Waals surface area contributed by atoms with Crippen LogP contribution in [0.5, 0.6) is 0 Å². The minimum Gasteiger partial charge on any atom is -0.393 e. The number of piperidine rings is 1. The van der Waals surface area contributed by atoms with Crippen molar-refractivity contribution in [1.29, 1.82) is 0 Å². The third-order valence-corrected chi connectivity index (χ3v) is 3.70. The minimum atomic E-state index is -0.564. The summed E-state index contributed by atoms with van der Waals surface area (Å²) in [5, 5.41) is 17.2. The lowest BCUT2D eigenvalue weighted by atomic mass is 9.99. The van der Waals surface area contributed by atoms with Crippen LogP contribution in [0.4, 0.5) is 11.4 Å². The number of carbonyl (C=O) groups is 1. The van der Waals surface area contributed by atoms with Gasteiger partial charge >= 0.3 is 0 Å². The second-order valence-electron chi connectivity index (χ2n) is 5.55. The SMILES string of the molecule is Cc1cc(C(=O)NC2CCNC(C)C2)c(N)c([N+](=O)[O-])c1. The third kappa shape index (κ3) is 3.49. The summed E-state index contributed by atoms with van der Waals surface area (Å²) < 4.78 is 0. The van der Waals surface area contributed by atoms with Crippen LogP contribution in [0, 0.1) is 17.0 Å². The van der Waals surface area contributed by atoms with Crippen LogP contribution in [0.25, 0.3) is 0 Å². The van der Waals surface area contributed by atoms with E-state index < -0.39 is 4.92 Å². The molecule has 2 atom stereocenters. The fraction of sp³-hybridized carbons (Fsp3) is 0.500. The first-order valence-corrected chi connectivity index (χ1v) is 6.97. The smallest absolute Gasteiger partial charge is 0.293 e. The summed E-state index contributed by atoms with van der Waals surface area (Å²) in [6.07, 6.45) is 1.67. The zero-order valence-electron chi connectivity index (χ0n) is 12.2. The van der Waals surface area contributed by atoms with E-state index in [2.05, 4.69) is 17.6 Å². The topological polar surface area (TPSA) is 110 Å². The maximum atomic E-state index is 12.3. The van der Waals surface area contributed by atoms with Crippen molar-refractivity contribution in [3.8, 4) is 0 Å². The Labute approximate surface area is 123 Å². The Morgan fingerprint density at radius 1 is 1.52 bits per heavy atom. The predicted molar refractivity (Wildman–Crippen MR) is 80.2 cm³/mol.